The van der Waals surface area contributed by atoms with Crippen molar-refractivity contribution < 1.29 is 27.5 Å². The Morgan fingerprint density at radius 3 is 2.34 bits per heavy atom. The summed E-state index contributed by atoms with van der Waals surface area (Å²) in [4.78, 5) is 26.7. The van der Waals surface area contributed by atoms with Crippen molar-refractivity contribution in [1.29, 1.82) is 0 Å². The van der Waals surface area contributed by atoms with Gasteiger partial charge in [0.25, 0.3) is 0 Å². The minimum atomic E-state index is -4.50. The molecule has 2 heterocycles. The maximum atomic E-state index is 13.5. The molecule has 0 fully saturated rings. The summed E-state index contributed by atoms with van der Waals surface area (Å²) >= 11 is 6.52. The molecule has 2 aliphatic heterocycles. The molecule has 0 aliphatic carbocycles. The number of carbonyl (C=O) groups excluding carboxylic acids is 2. The molecule has 2 aromatic carbocycles. The molecule has 0 aromatic heterocycles. The van der Waals surface area contributed by atoms with Crippen LogP contribution in [0.15, 0.2) is 59.8 Å². The van der Waals surface area contributed by atoms with Crippen LogP contribution in [0.1, 0.15) is 44.4 Å². The molecule has 0 radical (unpaired) electrons. The van der Waals surface area contributed by atoms with E-state index in [0.717, 1.165) is 12.1 Å². The molecule has 186 valence electrons. The summed E-state index contributed by atoms with van der Waals surface area (Å²) in [6, 6.07) is 10.7. The van der Waals surface area contributed by atoms with E-state index in [2.05, 4.69) is 5.32 Å². The van der Waals surface area contributed by atoms with Crippen LogP contribution in [-0.4, -0.2) is 35.6 Å². The third kappa shape index (κ3) is 5.01. The summed E-state index contributed by atoms with van der Waals surface area (Å²) < 4.78 is 45.3. The van der Waals surface area contributed by atoms with Gasteiger partial charge in [0.2, 0.25) is 0 Å². The van der Waals surface area contributed by atoms with Gasteiger partial charge in [-0.3, -0.25) is 9.80 Å². The van der Waals surface area contributed by atoms with Crippen LogP contribution in [0.2, 0.25) is 5.02 Å². The first-order valence-corrected chi connectivity index (χ1v) is 11.5. The number of ether oxygens (including phenoxy) is 1. The Kier molecular flexibility index (Phi) is 6.59. The summed E-state index contributed by atoms with van der Waals surface area (Å²) in [5.41, 5.74) is -0.0784. The molecule has 1 unspecified atom stereocenters. The lowest BCUT2D eigenvalue weighted by molar-refractivity contribution is -0.137. The van der Waals surface area contributed by atoms with E-state index in [4.69, 9.17) is 16.3 Å². The molecule has 0 saturated heterocycles. The Morgan fingerprint density at radius 1 is 1.09 bits per heavy atom. The SMILES string of the molecule is CC(C)(C)OC(=O)N1C2=C(CNCCC2=O)C(c2ccc(C(F)(F)F)cc2)N1c1ccccc1Cl. The Hall–Kier alpha value is -3.04. The standard InChI is InChI=1S/C25H25ClF3N3O3/c1-24(2,3)35-23(34)32-22-17(14-30-13-12-20(22)33)21(31(32)19-7-5-4-6-18(19)26)15-8-10-16(11-9-15)25(27,28)29/h4-11,21,30H,12-14H2,1-3H3. The van der Waals surface area contributed by atoms with Gasteiger partial charge in [-0.25, -0.2) is 4.79 Å². The van der Waals surface area contributed by atoms with E-state index in [0.29, 0.717) is 28.4 Å². The van der Waals surface area contributed by atoms with Crippen molar-refractivity contribution in [2.24, 2.45) is 0 Å². The van der Waals surface area contributed by atoms with Crippen LogP contribution < -0.4 is 10.3 Å². The highest BCUT2D eigenvalue weighted by Gasteiger charge is 2.48. The number of Topliss-reactive ketones (excluding diaryl/α,β-unsaturated/α-hetero) is 1. The molecule has 10 heteroatoms. The Morgan fingerprint density at radius 2 is 1.74 bits per heavy atom. The summed E-state index contributed by atoms with van der Waals surface area (Å²) in [6.07, 6.45) is -5.13. The highest BCUT2D eigenvalue weighted by Crippen LogP contribution is 2.47. The van der Waals surface area contributed by atoms with E-state index in [9.17, 15) is 22.8 Å². The third-order valence-electron chi connectivity index (χ3n) is 5.63. The molecular weight excluding hydrogens is 483 g/mol. The number of allylic oxidation sites excluding steroid dienone is 1. The van der Waals surface area contributed by atoms with Crippen molar-refractivity contribution in [2.75, 3.05) is 18.1 Å². The maximum Gasteiger partial charge on any atom is 0.434 e. The number of nitrogens with one attached hydrogen (secondary N) is 1. The molecule has 1 N–H and O–H groups in total. The van der Waals surface area contributed by atoms with Crippen molar-refractivity contribution in [3.05, 3.63) is 76.0 Å². The van der Waals surface area contributed by atoms with E-state index in [1.165, 1.54) is 22.2 Å². The van der Waals surface area contributed by atoms with Crippen molar-refractivity contribution in [3.63, 3.8) is 0 Å². The van der Waals surface area contributed by atoms with Crippen LogP contribution in [0.3, 0.4) is 0 Å². The minimum Gasteiger partial charge on any atom is -0.442 e. The number of alkyl halides is 3. The van der Waals surface area contributed by atoms with Gasteiger partial charge in [-0.05, 0) is 50.6 Å². The lowest BCUT2D eigenvalue weighted by Gasteiger charge is -2.37. The van der Waals surface area contributed by atoms with Crippen LogP contribution >= 0.6 is 11.6 Å². The Labute approximate surface area is 206 Å². The number of amides is 1. The molecule has 2 aliphatic rings. The zero-order valence-corrected chi connectivity index (χ0v) is 20.2. The molecule has 35 heavy (non-hydrogen) atoms. The monoisotopic (exact) mass is 507 g/mol. The number of rotatable bonds is 2. The van der Waals surface area contributed by atoms with Crippen molar-refractivity contribution in [1.82, 2.24) is 10.3 Å². The van der Waals surface area contributed by atoms with Crippen LogP contribution in [0, 0.1) is 0 Å². The predicted octanol–water partition coefficient (Wildman–Crippen LogP) is 5.89. The number of benzene rings is 2. The molecular formula is C25H25ClF3N3O3. The maximum absolute atomic E-state index is 13.5. The fraction of sp³-hybridized carbons (Fsp3) is 0.360. The highest BCUT2D eigenvalue weighted by atomic mass is 35.5. The van der Waals surface area contributed by atoms with Crippen LogP contribution in [0.25, 0.3) is 0 Å². The summed E-state index contributed by atoms with van der Waals surface area (Å²) in [6.45, 7) is 5.78. The van der Waals surface area contributed by atoms with Gasteiger partial charge < -0.3 is 10.1 Å². The number of nitrogens with zero attached hydrogens (tertiary/aromatic N) is 2. The number of hydrogen-bond donors (Lipinski definition) is 1. The zero-order valence-electron chi connectivity index (χ0n) is 19.4. The first-order chi connectivity index (χ1) is 16.4. The Balaban J connectivity index is 1.93. The minimum absolute atomic E-state index is 0.147. The number of hydrogen-bond acceptors (Lipinski definition) is 5. The number of halogens is 4. The second-order valence-electron chi connectivity index (χ2n) is 9.33. The number of anilines is 1. The smallest absolute Gasteiger partial charge is 0.434 e. The molecule has 0 saturated carbocycles. The quantitative estimate of drug-likeness (QED) is 0.549. The van der Waals surface area contributed by atoms with Gasteiger partial charge in [-0.1, -0.05) is 35.9 Å². The fourth-order valence-corrected chi connectivity index (χ4v) is 4.45. The molecule has 1 atom stereocenters. The van der Waals surface area contributed by atoms with E-state index in [-0.39, 0.29) is 24.4 Å². The average molecular weight is 508 g/mol. The number of ketones is 1. The molecule has 4 rings (SSSR count). The molecule has 0 spiro atoms. The van der Waals surface area contributed by atoms with Crippen LogP contribution in [-0.2, 0) is 15.7 Å². The van der Waals surface area contributed by atoms with Crippen molar-refractivity contribution >= 4 is 29.2 Å². The first-order valence-electron chi connectivity index (χ1n) is 11.1. The van der Waals surface area contributed by atoms with Gasteiger partial charge >= 0.3 is 12.3 Å². The van der Waals surface area contributed by atoms with E-state index in [1.54, 1.807) is 45.0 Å². The van der Waals surface area contributed by atoms with Crippen molar-refractivity contribution in [3.8, 4) is 0 Å². The van der Waals surface area contributed by atoms with Gasteiger partial charge in [0, 0.05) is 25.1 Å². The molecule has 1 amide bonds. The molecule has 0 bridgehead atoms. The highest BCUT2D eigenvalue weighted by molar-refractivity contribution is 6.33. The van der Waals surface area contributed by atoms with Gasteiger partial charge in [0.05, 0.1) is 16.3 Å². The van der Waals surface area contributed by atoms with Crippen molar-refractivity contribution in [2.45, 2.75) is 45.0 Å². The van der Waals surface area contributed by atoms with Gasteiger partial charge in [-0.15, -0.1) is 0 Å². The normalized spacial score (nSPS) is 19.1. The summed E-state index contributed by atoms with van der Waals surface area (Å²) in [5, 5.41) is 6.20. The van der Waals surface area contributed by atoms with Gasteiger partial charge in [-0.2, -0.15) is 18.2 Å². The van der Waals surface area contributed by atoms with Gasteiger partial charge in [0.1, 0.15) is 17.3 Å². The average Bonchev–Trinajstić information content (AvgIpc) is 2.99. The first kappa shape index (κ1) is 25.1. The van der Waals surface area contributed by atoms with Crippen LogP contribution in [0.5, 0.6) is 0 Å². The fourth-order valence-electron chi connectivity index (χ4n) is 4.22. The summed E-state index contributed by atoms with van der Waals surface area (Å²) in [5.74, 6) is -0.276. The largest absolute Gasteiger partial charge is 0.442 e. The van der Waals surface area contributed by atoms with Crippen LogP contribution in [0.4, 0.5) is 23.7 Å². The third-order valence-corrected chi connectivity index (χ3v) is 5.95. The predicted molar refractivity (Wildman–Crippen MR) is 126 cm³/mol. The van der Waals surface area contributed by atoms with E-state index < -0.39 is 29.5 Å². The lowest BCUT2D eigenvalue weighted by Crippen LogP contribution is -2.47. The number of para-hydroxylation sites is 1. The second-order valence-corrected chi connectivity index (χ2v) is 9.74. The topological polar surface area (TPSA) is 61.9 Å². The summed E-state index contributed by atoms with van der Waals surface area (Å²) in [7, 11) is 0. The molecule has 2 aromatic rings. The zero-order chi connectivity index (χ0) is 25.5. The Bertz CT molecular complexity index is 1170. The second kappa shape index (κ2) is 9.20. The van der Waals surface area contributed by atoms with E-state index in [1.807, 2.05) is 0 Å². The van der Waals surface area contributed by atoms with Gasteiger partial charge in [0.15, 0.2) is 5.78 Å². The lowest BCUT2D eigenvalue weighted by atomic mass is 9.95. The number of carbonyl (C=O) groups is 2. The number of hydrazine groups is 1. The van der Waals surface area contributed by atoms with E-state index >= 15 is 0 Å². The molecule has 6 nitrogen and oxygen atoms in total.